The molecule has 0 aliphatic carbocycles. The van der Waals surface area contributed by atoms with E-state index in [4.69, 9.17) is 0 Å². The van der Waals surface area contributed by atoms with Crippen molar-refractivity contribution in [3.63, 3.8) is 0 Å². The second kappa shape index (κ2) is 15.6. The first-order valence-electron chi connectivity index (χ1n) is 14.8. The van der Waals surface area contributed by atoms with Crippen LogP contribution in [0.2, 0.25) is 0 Å². The summed E-state index contributed by atoms with van der Waals surface area (Å²) in [7, 11) is 0. The number of benzene rings is 2. The molecule has 0 amide bonds. The van der Waals surface area contributed by atoms with Crippen LogP contribution in [0.4, 0.5) is 0 Å². The lowest BCUT2D eigenvalue weighted by Gasteiger charge is -2.12. The van der Waals surface area contributed by atoms with Crippen LogP contribution in [0, 0.1) is 0 Å². The third kappa shape index (κ3) is 8.29. The standard InChI is InChI=1S/C34H48N2/c1-4-7-10-12-13-14-19-29-21-17-24-31(26-29)34-32(22-15-11-8-5-2)27-33(36(34)35)30-23-16-20-28(25-30)18-9-6-3/h16-17,20-21,23-27H,4-15,18-19,22H2,1-3H3. The Morgan fingerprint density at radius 2 is 1.11 bits per heavy atom. The van der Waals surface area contributed by atoms with Gasteiger partial charge in [-0.25, -0.2) is 4.70 Å². The van der Waals surface area contributed by atoms with Gasteiger partial charge >= 0.3 is 0 Å². The molecule has 0 saturated carbocycles. The molecule has 0 unspecified atom stereocenters. The van der Waals surface area contributed by atoms with E-state index in [9.17, 15) is 5.53 Å². The van der Waals surface area contributed by atoms with E-state index in [1.807, 2.05) is 0 Å². The maximum atomic E-state index is 11.5. The minimum atomic E-state index is 0.912. The normalized spacial score (nSPS) is 13.5. The van der Waals surface area contributed by atoms with Gasteiger partial charge in [0.25, 0.3) is 0 Å². The van der Waals surface area contributed by atoms with Crippen molar-refractivity contribution in [2.75, 3.05) is 0 Å². The third-order valence-electron chi connectivity index (χ3n) is 7.42. The molecular formula is C34H48N2. The summed E-state index contributed by atoms with van der Waals surface area (Å²) in [4.78, 5) is 0. The zero-order valence-electron chi connectivity index (χ0n) is 23.2. The number of rotatable bonds is 17. The third-order valence-corrected chi connectivity index (χ3v) is 7.42. The molecule has 0 bridgehead atoms. The fourth-order valence-corrected chi connectivity index (χ4v) is 5.25. The molecule has 0 atom stereocenters. The largest absolute Gasteiger partial charge is 0.493 e. The Bertz CT molecular complexity index is 1030. The van der Waals surface area contributed by atoms with E-state index in [-0.39, 0.29) is 0 Å². The Hall–Kier alpha value is -2.48. The van der Waals surface area contributed by atoms with Crippen LogP contribution in [0.3, 0.4) is 0 Å². The molecule has 1 aliphatic rings. The highest BCUT2D eigenvalue weighted by Crippen LogP contribution is 2.38. The van der Waals surface area contributed by atoms with Crippen LogP contribution in [0.15, 0.2) is 60.2 Å². The summed E-state index contributed by atoms with van der Waals surface area (Å²) in [6.07, 6.45) is 20.7. The Morgan fingerprint density at radius 3 is 1.81 bits per heavy atom. The molecule has 0 aromatic heterocycles. The average Bonchev–Trinajstić information content (AvgIpc) is 3.23. The van der Waals surface area contributed by atoms with Crippen molar-refractivity contribution in [3.8, 4) is 0 Å². The Balaban J connectivity index is 1.79. The number of unbranched alkanes of at least 4 members (excludes halogenated alkanes) is 9. The summed E-state index contributed by atoms with van der Waals surface area (Å²) in [6.45, 7) is 6.77. The van der Waals surface area contributed by atoms with E-state index in [1.165, 1.54) is 92.0 Å². The molecule has 0 fully saturated rings. The van der Waals surface area contributed by atoms with Gasteiger partial charge in [0.1, 0.15) is 0 Å². The first-order valence-corrected chi connectivity index (χ1v) is 14.8. The van der Waals surface area contributed by atoms with E-state index in [0.717, 1.165) is 48.2 Å². The predicted molar refractivity (Wildman–Crippen MR) is 156 cm³/mol. The van der Waals surface area contributed by atoms with Crippen molar-refractivity contribution in [1.82, 2.24) is 0 Å². The number of allylic oxidation sites excluding steroid dienone is 2. The van der Waals surface area contributed by atoms with Crippen LogP contribution >= 0.6 is 0 Å². The van der Waals surface area contributed by atoms with E-state index in [1.54, 1.807) is 0 Å². The molecule has 36 heavy (non-hydrogen) atoms. The monoisotopic (exact) mass is 484 g/mol. The Labute approximate surface area is 221 Å². The molecule has 0 saturated heterocycles. The molecule has 2 heteroatoms. The van der Waals surface area contributed by atoms with Crippen LogP contribution in [-0.4, -0.2) is 4.70 Å². The highest BCUT2D eigenvalue weighted by atomic mass is 15.2. The summed E-state index contributed by atoms with van der Waals surface area (Å²) < 4.78 is 1.47. The number of aryl methyl sites for hydroxylation is 2. The minimum Gasteiger partial charge on any atom is -0.493 e. The number of hydrogen-bond acceptors (Lipinski definition) is 0. The van der Waals surface area contributed by atoms with E-state index >= 15 is 0 Å². The lowest BCUT2D eigenvalue weighted by Crippen LogP contribution is -2.03. The van der Waals surface area contributed by atoms with Gasteiger partial charge in [0.05, 0.1) is 0 Å². The van der Waals surface area contributed by atoms with Gasteiger partial charge in [0, 0.05) is 22.8 Å². The van der Waals surface area contributed by atoms with Crippen molar-refractivity contribution < 1.29 is 4.70 Å². The smallest absolute Gasteiger partial charge is 0.210 e. The van der Waals surface area contributed by atoms with Gasteiger partial charge in [-0.1, -0.05) is 103 Å². The van der Waals surface area contributed by atoms with Crippen molar-refractivity contribution in [2.45, 2.75) is 117 Å². The van der Waals surface area contributed by atoms with Crippen LogP contribution in [0.25, 0.3) is 16.9 Å². The maximum absolute atomic E-state index is 11.5. The summed E-state index contributed by atoms with van der Waals surface area (Å²) in [6, 6.07) is 17.6. The van der Waals surface area contributed by atoms with Crippen molar-refractivity contribution in [3.05, 3.63) is 88.0 Å². The molecule has 194 valence electrons. The first-order chi connectivity index (χ1) is 17.7. The van der Waals surface area contributed by atoms with E-state index < -0.39 is 0 Å². The van der Waals surface area contributed by atoms with Crippen LogP contribution < -0.4 is 0 Å². The molecule has 2 nitrogen and oxygen atoms in total. The second-order valence-corrected chi connectivity index (χ2v) is 10.5. The topological polar surface area (TPSA) is 25.3 Å². The zero-order valence-corrected chi connectivity index (χ0v) is 23.2. The predicted octanol–water partition coefficient (Wildman–Crippen LogP) is 10.7. The van der Waals surface area contributed by atoms with E-state index in [2.05, 4.69) is 75.4 Å². The lowest BCUT2D eigenvalue weighted by atomic mass is 9.98. The summed E-state index contributed by atoms with van der Waals surface area (Å²) in [5.41, 5.74) is 19.6. The maximum Gasteiger partial charge on any atom is 0.210 e. The first kappa shape index (κ1) is 28.1. The molecule has 1 aliphatic heterocycles. The Kier molecular flexibility index (Phi) is 12.2. The van der Waals surface area contributed by atoms with Gasteiger partial charge in [-0.3, -0.25) is 0 Å². The lowest BCUT2D eigenvalue weighted by molar-refractivity contribution is -0.344. The minimum absolute atomic E-state index is 0.912. The average molecular weight is 485 g/mol. The fraction of sp³-hybridized carbons (Fsp3) is 0.529. The van der Waals surface area contributed by atoms with Crippen LogP contribution in [0.5, 0.6) is 0 Å². The molecule has 0 radical (unpaired) electrons. The molecule has 2 aromatic carbocycles. The van der Waals surface area contributed by atoms with Gasteiger partial charge in [-0.05, 0) is 73.9 Å². The highest BCUT2D eigenvalue weighted by Gasteiger charge is 2.28. The SMILES string of the molecule is CCCCCCCCc1cccc(C2=C(CCCCCC)C=C(c3cccc(CCCC)c3)[N+]2=[N-])c1. The van der Waals surface area contributed by atoms with Crippen molar-refractivity contribution in [1.29, 1.82) is 0 Å². The second-order valence-electron chi connectivity index (χ2n) is 10.5. The van der Waals surface area contributed by atoms with Gasteiger partial charge in [0.15, 0.2) is 0 Å². The van der Waals surface area contributed by atoms with Gasteiger partial charge in [0.2, 0.25) is 11.4 Å². The van der Waals surface area contributed by atoms with Crippen molar-refractivity contribution in [2.24, 2.45) is 0 Å². The van der Waals surface area contributed by atoms with Gasteiger partial charge in [-0.2, -0.15) is 0 Å². The molecule has 2 aromatic rings. The number of nitrogens with zero attached hydrogens (tertiary/aromatic N) is 2. The Morgan fingerprint density at radius 1 is 0.583 bits per heavy atom. The van der Waals surface area contributed by atoms with Crippen molar-refractivity contribution >= 4 is 11.4 Å². The van der Waals surface area contributed by atoms with Gasteiger partial charge < -0.3 is 5.53 Å². The van der Waals surface area contributed by atoms with Crippen LogP contribution in [0.1, 0.15) is 126 Å². The van der Waals surface area contributed by atoms with Crippen LogP contribution in [-0.2, 0) is 12.8 Å². The quantitative estimate of drug-likeness (QED) is 0.158. The zero-order chi connectivity index (χ0) is 25.6. The summed E-state index contributed by atoms with van der Waals surface area (Å²) >= 11 is 0. The van der Waals surface area contributed by atoms with E-state index in [0.29, 0.717) is 0 Å². The molecular weight excluding hydrogens is 436 g/mol. The molecule has 0 spiro atoms. The summed E-state index contributed by atoms with van der Waals surface area (Å²) in [5.74, 6) is 0. The molecule has 0 N–H and O–H groups in total. The molecule has 3 rings (SSSR count). The highest BCUT2D eigenvalue weighted by molar-refractivity contribution is 5.78. The van der Waals surface area contributed by atoms with Gasteiger partial charge in [-0.15, -0.1) is 0 Å². The molecule has 1 heterocycles. The number of hydrogen-bond donors (Lipinski definition) is 0. The summed E-state index contributed by atoms with van der Waals surface area (Å²) in [5, 5.41) is 0. The fourth-order valence-electron chi connectivity index (χ4n) is 5.25.